The van der Waals surface area contributed by atoms with Crippen molar-refractivity contribution in [3.8, 4) is 0 Å². The van der Waals surface area contributed by atoms with E-state index in [0.717, 1.165) is 10.7 Å². The topological polar surface area (TPSA) is 3.24 Å². The van der Waals surface area contributed by atoms with E-state index in [9.17, 15) is 0 Å². The Morgan fingerprint density at radius 1 is 1.00 bits per heavy atom. The Bertz CT molecular complexity index is 153. The molecule has 0 amide bonds. The molecular formula is C11H20BrN. The largest absolute Gasteiger partial charge is 0.302 e. The van der Waals surface area contributed by atoms with Crippen LogP contribution in [0, 0.1) is 5.41 Å². The molecule has 76 valence electrons. The second-order valence-electron chi connectivity index (χ2n) is 4.74. The molecule has 0 bridgehead atoms. The first kappa shape index (κ1) is 9.97. The van der Waals surface area contributed by atoms with Crippen LogP contribution in [0.25, 0.3) is 0 Å². The SMILES string of the molecule is BrCCN1CCC2(CCCC2)CC1. The maximum atomic E-state index is 3.52. The first-order valence-corrected chi connectivity index (χ1v) is 6.75. The van der Waals surface area contributed by atoms with Crippen LogP contribution in [0.4, 0.5) is 0 Å². The maximum Gasteiger partial charge on any atom is 0.0159 e. The Balaban J connectivity index is 1.81. The van der Waals surface area contributed by atoms with Crippen molar-refractivity contribution in [1.29, 1.82) is 0 Å². The molecule has 1 spiro atoms. The third kappa shape index (κ3) is 2.27. The van der Waals surface area contributed by atoms with Crippen molar-refractivity contribution in [1.82, 2.24) is 4.90 Å². The van der Waals surface area contributed by atoms with Gasteiger partial charge in [-0.25, -0.2) is 0 Å². The lowest BCUT2D eigenvalue weighted by Crippen LogP contribution is -2.39. The van der Waals surface area contributed by atoms with Gasteiger partial charge >= 0.3 is 0 Å². The minimum absolute atomic E-state index is 0.794. The van der Waals surface area contributed by atoms with Crippen molar-refractivity contribution in [2.45, 2.75) is 38.5 Å². The second kappa shape index (κ2) is 4.31. The Labute approximate surface area is 90.0 Å². The summed E-state index contributed by atoms with van der Waals surface area (Å²) >= 11 is 3.52. The first-order chi connectivity index (χ1) is 6.35. The standard InChI is InChI=1S/C11H20BrN/c12-7-10-13-8-5-11(6-9-13)3-1-2-4-11/h1-10H2. The van der Waals surface area contributed by atoms with Gasteiger partial charge in [-0.05, 0) is 44.2 Å². The second-order valence-corrected chi connectivity index (χ2v) is 5.53. The van der Waals surface area contributed by atoms with Crippen LogP contribution in [-0.4, -0.2) is 29.9 Å². The summed E-state index contributed by atoms with van der Waals surface area (Å²) in [6.45, 7) is 3.95. The molecule has 0 N–H and O–H groups in total. The van der Waals surface area contributed by atoms with Crippen LogP contribution in [0.5, 0.6) is 0 Å². The number of likely N-dealkylation sites (tertiary alicyclic amines) is 1. The van der Waals surface area contributed by atoms with E-state index in [0.29, 0.717) is 0 Å². The number of piperidine rings is 1. The van der Waals surface area contributed by atoms with Crippen LogP contribution < -0.4 is 0 Å². The van der Waals surface area contributed by atoms with Crippen LogP contribution >= 0.6 is 15.9 Å². The summed E-state index contributed by atoms with van der Waals surface area (Å²) in [4.78, 5) is 2.61. The number of rotatable bonds is 2. The van der Waals surface area contributed by atoms with Gasteiger partial charge in [-0.15, -0.1) is 0 Å². The molecule has 1 heterocycles. The summed E-state index contributed by atoms with van der Waals surface area (Å²) in [5, 5.41) is 1.14. The first-order valence-electron chi connectivity index (χ1n) is 5.63. The summed E-state index contributed by atoms with van der Waals surface area (Å²) in [6.07, 6.45) is 8.99. The lowest BCUT2D eigenvalue weighted by molar-refractivity contribution is 0.114. The van der Waals surface area contributed by atoms with Gasteiger partial charge in [0.2, 0.25) is 0 Å². The molecule has 2 fully saturated rings. The van der Waals surface area contributed by atoms with Crippen LogP contribution in [0.2, 0.25) is 0 Å². The molecule has 1 nitrogen and oxygen atoms in total. The molecule has 0 atom stereocenters. The van der Waals surface area contributed by atoms with E-state index in [1.807, 2.05) is 0 Å². The number of halogens is 1. The average Bonchev–Trinajstić information content (AvgIpc) is 2.59. The minimum Gasteiger partial charge on any atom is -0.302 e. The predicted molar refractivity (Wildman–Crippen MR) is 60.4 cm³/mol. The van der Waals surface area contributed by atoms with E-state index >= 15 is 0 Å². The molecule has 0 aromatic rings. The number of nitrogens with zero attached hydrogens (tertiary/aromatic N) is 1. The Kier molecular flexibility index (Phi) is 3.31. The Morgan fingerprint density at radius 3 is 2.15 bits per heavy atom. The fourth-order valence-corrected chi connectivity index (χ4v) is 3.50. The van der Waals surface area contributed by atoms with Gasteiger partial charge in [0.05, 0.1) is 0 Å². The number of hydrogen-bond acceptors (Lipinski definition) is 1. The van der Waals surface area contributed by atoms with Gasteiger partial charge in [-0.1, -0.05) is 28.8 Å². The van der Waals surface area contributed by atoms with Crippen molar-refractivity contribution in [2.24, 2.45) is 5.41 Å². The highest BCUT2D eigenvalue weighted by atomic mass is 79.9. The highest BCUT2D eigenvalue weighted by molar-refractivity contribution is 9.09. The fourth-order valence-electron chi connectivity index (χ4n) is 3.00. The molecule has 0 aromatic heterocycles. The molecule has 1 aliphatic carbocycles. The molecule has 0 unspecified atom stereocenters. The van der Waals surface area contributed by atoms with Crippen molar-refractivity contribution in [3.63, 3.8) is 0 Å². The summed E-state index contributed by atoms with van der Waals surface area (Å²) in [5.41, 5.74) is 0.794. The smallest absolute Gasteiger partial charge is 0.0159 e. The van der Waals surface area contributed by atoms with Crippen molar-refractivity contribution < 1.29 is 0 Å². The van der Waals surface area contributed by atoms with E-state index in [1.165, 1.54) is 58.2 Å². The minimum atomic E-state index is 0.794. The van der Waals surface area contributed by atoms with Crippen molar-refractivity contribution >= 4 is 15.9 Å². The van der Waals surface area contributed by atoms with E-state index in [1.54, 1.807) is 0 Å². The zero-order valence-corrected chi connectivity index (χ0v) is 9.98. The monoisotopic (exact) mass is 245 g/mol. The molecule has 1 aliphatic heterocycles. The molecule has 2 heteroatoms. The van der Waals surface area contributed by atoms with Crippen LogP contribution in [-0.2, 0) is 0 Å². The average molecular weight is 246 g/mol. The van der Waals surface area contributed by atoms with Gasteiger partial charge in [-0.3, -0.25) is 0 Å². The van der Waals surface area contributed by atoms with E-state index in [4.69, 9.17) is 0 Å². The molecule has 0 aromatic carbocycles. The highest BCUT2D eigenvalue weighted by Gasteiger charge is 2.36. The summed E-state index contributed by atoms with van der Waals surface area (Å²) < 4.78 is 0. The zero-order valence-electron chi connectivity index (χ0n) is 8.40. The third-order valence-corrected chi connectivity index (χ3v) is 4.34. The van der Waals surface area contributed by atoms with Crippen LogP contribution in [0.15, 0.2) is 0 Å². The van der Waals surface area contributed by atoms with Gasteiger partial charge < -0.3 is 4.90 Å². The lowest BCUT2D eigenvalue weighted by atomic mass is 9.77. The highest BCUT2D eigenvalue weighted by Crippen LogP contribution is 2.45. The van der Waals surface area contributed by atoms with Gasteiger partial charge in [-0.2, -0.15) is 0 Å². The molecule has 13 heavy (non-hydrogen) atoms. The van der Waals surface area contributed by atoms with E-state index in [2.05, 4.69) is 20.8 Å². The van der Waals surface area contributed by atoms with E-state index in [-0.39, 0.29) is 0 Å². The maximum absolute atomic E-state index is 3.52. The molecule has 1 saturated carbocycles. The molecule has 0 radical (unpaired) electrons. The van der Waals surface area contributed by atoms with Gasteiger partial charge in [0.25, 0.3) is 0 Å². The number of hydrogen-bond donors (Lipinski definition) is 0. The fraction of sp³-hybridized carbons (Fsp3) is 1.00. The Hall–Kier alpha value is 0.440. The van der Waals surface area contributed by atoms with Crippen LogP contribution in [0.1, 0.15) is 38.5 Å². The molecule has 2 aliphatic rings. The van der Waals surface area contributed by atoms with E-state index < -0.39 is 0 Å². The molecule has 1 saturated heterocycles. The van der Waals surface area contributed by atoms with Crippen molar-refractivity contribution in [3.05, 3.63) is 0 Å². The quantitative estimate of drug-likeness (QED) is 0.677. The van der Waals surface area contributed by atoms with Gasteiger partial charge in [0.1, 0.15) is 0 Å². The molecular weight excluding hydrogens is 226 g/mol. The Morgan fingerprint density at radius 2 is 1.62 bits per heavy atom. The normalized spacial score (nSPS) is 28.4. The predicted octanol–water partition coefficient (Wildman–Crippen LogP) is 3.04. The van der Waals surface area contributed by atoms with Gasteiger partial charge in [0, 0.05) is 11.9 Å². The summed E-state index contributed by atoms with van der Waals surface area (Å²) in [6, 6.07) is 0. The van der Waals surface area contributed by atoms with Gasteiger partial charge in [0.15, 0.2) is 0 Å². The summed E-state index contributed by atoms with van der Waals surface area (Å²) in [7, 11) is 0. The molecule has 2 rings (SSSR count). The van der Waals surface area contributed by atoms with Crippen molar-refractivity contribution in [2.75, 3.05) is 25.0 Å². The zero-order chi connectivity index (χ0) is 9.15. The third-order valence-electron chi connectivity index (χ3n) is 3.98. The number of alkyl halides is 1. The lowest BCUT2D eigenvalue weighted by Gasteiger charge is -2.39. The summed E-state index contributed by atoms with van der Waals surface area (Å²) in [5.74, 6) is 0. The van der Waals surface area contributed by atoms with Crippen LogP contribution in [0.3, 0.4) is 0 Å².